The minimum Gasteiger partial charge on any atom is -0.302 e. The van der Waals surface area contributed by atoms with Crippen molar-refractivity contribution < 1.29 is 8.42 Å². The van der Waals surface area contributed by atoms with E-state index >= 15 is 0 Å². The number of hydrogen-bond acceptors (Lipinski definition) is 5. The normalized spacial score (nSPS) is 29.1. The molecule has 0 amide bonds. The monoisotopic (exact) mass is 292 g/mol. The number of aromatic nitrogens is 1. The van der Waals surface area contributed by atoms with Gasteiger partial charge in [0.1, 0.15) is 11.0 Å². The molecular formula is C13H16N4O2S. The molecule has 0 spiro atoms. The molecular weight excluding hydrogens is 276 g/mol. The minimum absolute atomic E-state index is 0.0288. The van der Waals surface area contributed by atoms with E-state index in [9.17, 15) is 8.42 Å². The van der Waals surface area contributed by atoms with E-state index in [1.54, 1.807) is 0 Å². The lowest BCUT2D eigenvalue weighted by atomic mass is 9.85. The number of hydrogen-bond donors (Lipinski definition) is 1. The molecule has 4 rings (SSSR count). The molecule has 3 fully saturated rings. The standard InChI is InChI=1S/C13H16N4O2S/c14-8-11-13(2-1-5-15-11)20(18,19)16-12-9-17-6-3-10(12)4-7-17/h1-2,5,10,12,16H,3-4,6-7,9H2. The summed E-state index contributed by atoms with van der Waals surface area (Å²) in [5, 5.41) is 8.98. The molecule has 3 aliphatic heterocycles. The summed E-state index contributed by atoms with van der Waals surface area (Å²) >= 11 is 0. The van der Waals surface area contributed by atoms with E-state index in [1.165, 1.54) is 18.3 Å². The quantitative estimate of drug-likeness (QED) is 0.867. The Bertz CT molecular complexity index is 645. The number of fused-ring (bicyclic) bond motifs is 3. The fourth-order valence-corrected chi connectivity index (χ4v) is 4.46. The third kappa shape index (κ3) is 2.42. The number of rotatable bonds is 3. The Morgan fingerprint density at radius 1 is 1.40 bits per heavy atom. The van der Waals surface area contributed by atoms with Gasteiger partial charge >= 0.3 is 0 Å². The molecule has 0 aromatic carbocycles. The van der Waals surface area contributed by atoms with Crippen LogP contribution in [0.4, 0.5) is 0 Å². The molecule has 1 unspecified atom stereocenters. The van der Waals surface area contributed by atoms with Gasteiger partial charge in [-0.05, 0) is 44.0 Å². The Hall–Kier alpha value is -1.49. The lowest BCUT2D eigenvalue weighted by Crippen LogP contribution is -2.57. The Morgan fingerprint density at radius 2 is 2.15 bits per heavy atom. The molecule has 2 bridgehead atoms. The second kappa shape index (κ2) is 5.13. The van der Waals surface area contributed by atoms with Crippen LogP contribution >= 0.6 is 0 Å². The highest BCUT2D eigenvalue weighted by Gasteiger charge is 2.37. The summed E-state index contributed by atoms with van der Waals surface area (Å²) in [5.74, 6) is 0.400. The van der Waals surface area contributed by atoms with Crippen LogP contribution < -0.4 is 4.72 Å². The van der Waals surface area contributed by atoms with Gasteiger partial charge in [0.15, 0.2) is 5.69 Å². The first-order chi connectivity index (χ1) is 9.60. The molecule has 1 N–H and O–H groups in total. The minimum atomic E-state index is -3.69. The van der Waals surface area contributed by atoms with Crippen molar-refractivity contribution in [2.75, 3.05) is 19.6 Å². The van der Waals surface area contributed by atoms with E-state index in [-0.39, 0.29) is 16.6 Å². The topological polar surface area (TPSA) is 86.1 Å². The van der Waals surface area contributed by atoms with Gasteiger partial charge in [-0.1, -0.05) is 0 Å². The predicted octanol–water partition coefficient (Wildman–Crippen LogP) is 0.326. The highest BCUT2D eigenvalue weighted by atomic mass is 32.2. The van der Waals surface area contributed by atoms with Gasteiger partial charge in [-0.3, -0.25) is 0 Å². The summed E-state index contributed by atoms with van der Waals surface area (Å²) in [7, 11) is -3.69. The van der Waals surface area contributed by atoms with Gasteiger partial charge in [0.25, 0.3) is 0 Å². The Balaban J connectivity index is 1.84. The Kier molecular flexibility index (Phi) is 3.46. The van der Waals surface area contributed by atoms with Crippen LogP contribution in [0, 0.1) is 17.2 Å². The molecule has 0 saturated carbocycles. The van der Waals surface area contributed by atoms with Crippen molar-refractivity contribution in [1.82, 2.24) is 14.6 Å². The lowest BCUT2D eigenvalue weighted by molar-refractivity contribution is 0.0827. The summed E-state index contributed by atoms with van der Waals surface area (Å²) in [6, 6.07) is 4.73. The summed E-state index contributed by atoms with van der Waals surface area (Å²) < 4.78 is 27.6. The van der Waals surface area contributed by atoms with Crippen LogP contribution in [0.25, 0.3) is 0 Å². The van der Waals surface area contributed by atoms with Gasteiger partial charge in [0, 0.05) is 18.8 Å². The molecule has 3 aliphatic rings. The van der Waals surface area contributed by atoms with Gasteiger partial charge in [-0.15, -0.1) is 0 Å². The first kappa shape index (κ1) is 13.5. The molecule has 20 heavy (non-hydrogen) atoms. The lowest BCUT2D eigenvalue weighted by Gasteiger charge is -2.44. The van der Waals surface area contributed by atoms with Crippen molar-refractivity contribution in [2.45, 2.75) is 23.8 Å². The largest absolute Gasteiger partial charge is 0.302 e. The number of nitriles is 1. The molecule has 4 heterocycles. The average Bonchev–Trinajstić information content (AvgIpc) is 2.48. The van der Waals surface area contributed by atoms with E-state index in [0.717, 1.165) is 32.5 Å². The molecule has 6 nitrogen and oxygen atoms in total. The van der Waals surface area contributed by atoms with E-state index in [0.29, 0.717) is 5.92 Å². The maximum absolute atomic E-state index is 12.4. The number of nitrogens with zero attached hydrogens (tertiary/aromatic N) is 3. The van der Waals surface area contributed by atoms with Crippen molar-refractivity contribution in [3.8, 4) is 6.07 Å². The maximum atomic E-state index is 12.4. The number of pyridine rings is 1. The van der Waals surface area contributed by atoms with Crippen molar-refractivity contribution in [3.05, 3.63) is 24.0 Å². The highest BCUT2D eigenvalue weighted by Crippen LogP contribution is 2.28. The number of piperidine rings is 3. The van der Waals surface area contributed by atoms with Crippen LogP contribution in [0.3, 0.4) is 0 Å². The summed E-state index contributed by atoms with van der Waals surface area (Å²) in [6.07, 6.45) is 3.49. The zero-order chi connectivity index (χ0) is 14.2. The molecule has 1 atom stereocenters. The first-order valence-corrected chi connectivity index (χ1v) is 8.18. The van der Waals surface area contributed by atoms with Crippen LogP contribution in [0.2, 0.25) is 0 Å². The second-order valence-electron chi connectivity index (χ2n) is 5.33. The van der Waals surface area contributed by atoms with Crippen molar-refractivity contribution in [1.29, 1.82) is 5.26 Å². The van der Waals surface area contributed by atoms with Gasteiger partial charge in [-0.25, -0.2) is 18.1 Å². The van der Waals surface area contributed by atoms with E-state index in [1.807, 2.05) is 6.07 Å². The van der Waals surface area contributed by atoms with Crippen molar-refractivity contribution in [2.24, 2.45) is 5.92 Å². The average molecular weight is 292 g/mol. The molecule has 106 valence electrons. The number of nitrogens with one attached hydrogen (secondary N) is 1. The van der Waals surface area contributed by atoms with Crippen LogP contribution in [-0.2, 0) is 10.0 Å². The SMILES string of the molecule is N#Cc1ncccc1S(=O)(=O)NC1CN2CCC1CC2. The fraction of sp³-hybridized carbons (Fsp3) is 0.538. The van der Waals surface area contributed by atoms with Crippen LogP contribution in [0.1, 0.15) is 18.5 Å². The molecule has 7 heteroatoms. The fourth-order valence-electron chi connectivity index (χ4n) is 3.05. The van der Waals surface area contributed by atoms with E-state index in [2.05, 4.69) is 14.6 Å². The third-order valence-corrected chi connectivity index (χ3v) is 5.65. The molecule has 1 aromatic heterocycles. The van der Waals surface area contributed by atoms with Crippen LogP contribution in [0.5, 0.6) is 0 Å². The van der Waals surface area contributed by atoms with Gasteiger partial charge < -0.3 is 4.90 Å². The first-order valence-electron chi connectivity index (χ1n) is 6.70. The zero-order valence-electron chi connectivity index (χ0n) is 11.0. The third-order valence-electron chi connectivity index (χ3n) is 4.13. The van der Waals surface area contributed by atoms with Crippen LogP contribution in [-0.4, -0.2) is 44.0 Å². The predicted molar refractivity (Wildman–Crippen MR) is 72.2 cm³/mol. The Labute approximate surface area is 118 Å². The summed E-state index contributed by atoms with van der Waals surface area (Å²) in [5.41, 5.74) is -0.0544. The Morgan fingerprint density at radius 3 is 2.75 bits per heavy atom. The molecule has 0 radical (unpaired) electrons. The van der Waals surface area contributed by atoms with Gasteiger partial charge in [0.05, 0.1) is 0 Å². The molecule has 3 saturated heterocycles. The zero-order valence-corrected chi connectivity index (χ0v) is 11.8. The van der Waals surface area contributed by atoms with Crippen molar-refractivity contribution >= 4 is 10.0 Å². The highest BCUT2D eigenvalue weighted by molar-refractivity contribution is 7.89. The maximum Gasteiger partial charge on any atom is 0.243 e. The van der Waals surface area contributed by atoms with Crippen LogP contribution in [0.15, 0.2) is 23.2 Å². The smallest absolute Gasteiger partial charge is 0.243 e. The second-order valence-corrected chi connectivity index (χ2v) is 7.01. The number of sulfonamides is 1. The van der Waals surface area contributed by atoms with Crippen molar-refractivity contribution in [3.63, 3.8) is 0 Å². The summed E-state index contributed by atoms with van der Waals surface area (Å²) in [6.45, 7) is 2.87. The summed E-state index contributed by atoms with van der Waals surface area (Å²) in [4.78, 5) is 6.06. The van der Waals surface area contributed by atoms with Gasteiger partial charge in [-0.2, -0.15) is 5.26 Å². The van der Waals surface area contributed by atoms with E-state index < -0.39 is 10.0 Å². The van der Waals surface area contributed by atoms with Gasteiger partial charge in [0.2, 0.25) is 10.0 Å². The molecule has 1 aromatic rings. The molecule has 0 aliphatic carbocycles. The van der Waals surface area contributed by atoms with E-state index in [4.69, 9.17) is 5.26 Å².